The quantitative estimate of drug-likeness (QED) is 0.577. The summed E-state index contributed by atoms with van der Waals surface area (Å²) in [5.41, 5.74) is 2.74. The average Bonchev–Trinajstić information content (AvgIpc) is 2.82. The third-order valence-corrected chi connectivity index (χ3v) is 7.46. The summed E-state index contributed by atoms with van der Waals surface area (Å²) in [6.07, 6.45) is 1.76. The molecule has 172 valence electrons. The van der Waals surface area contributed by atoms with Crippen molar-refractivity contribution in [2.75, 3.05) is 24.6 Å². The van der Waals surface area contributed by atoms with E-state index in [0.29, 0.717) is 26.2 Å². The molecule has 1 unspecified atom stereocenters. The Morgan fingerprint density at radius 3 is 2.18 bits per heavy atom. The van der Waals surface area contributed by atoms with Crippen molar-refractivity contribution >= 4 is 15.7 Å². The lowest BCUT2D eigenvalue weighted by atomic mass is 10.0. The van der Waals surface area contributed by atoms with Gasteiger partial charge in [-0.3, -0.25) is 14.5 Å². The SMILES string of the molecule is O=C(NCc1ccc(Cn2ccccc2=O)cc1)C(c1ccccc1)N1CCS(=O)(=O)CC1. The third kappa shape index (κ3) is 5.97. The number of pyridine rings is 1. The van der Waals surface area contributed by atoms with E-state index in [0.717, 1.165) is 16.7 Å². The minimum absolute atomic E-state index is 0.0497. The van der Waals surface area contributed by atoms with Gasteiger partial charge in [0.2, 0.25) is 5.91 Å². The second-order valence-electron chi connectivity index (χ2n) is 8.20. The van der Waals surface area contributed by atoms with E-state index in [-0.39, 0.29) is 23.0 Å². The number of hydrogen-bond donors (Lipinski definition) is 1. The highest BCUT2D eigenvalue weighted by Crippen LogP contribution is 2.23. The smallest absolute Gasteiger partial charge is 0.250 e. The highest BCUT2D eigenvalue weighted by molar-refractivity contribution is 7.91. The van der Waals surface area contributed by atoms with Crippen molar-refractivity contribution in [3.8, 4) is 0 Å². The lowest BCUT2D eigenvalue weighted by Crippen LogP contribution is -2.47. The molecule has 33 heavy (non-hydrogen) atoms. The summed E-state index contributed by atoms with van der Waals surface area (Å²) in [6.45, 7) is 1.52. The van der Waals surface area contributed by atoms with E-state index >= 15 is 0 Å². The van der Waals surface area contributed by atoms with Crippen LogP contribution in [0, 0.1) is 0 Å². The van der Waals surface area contributed by atoms with E-state index in [1.807, 2.05) is 65.6 Å². The van der Waals surface area contributed by atoms with E-state index < -0.39 is 15.9 Å². The van der Waals surface area contributed by atoms with Crippen LogP contribution in [0.2, 0.25) is 0 Å². The standard InChI is InChI=1S/C25H27N3O4S/c29-23-8-4-5-13-28(23)19-21-11-9-20(10-12-21)18-26-25(30)24(22-6-2-1-3-7-22)27-14-16-33(31,32)17-15-27/h1-13,24H,14-19H2,(H,26,30). The van der Waals surface area contributed by atoms with Crippen LogP contribution in [0.5, 0.6) is 0 Å². The first-order valence-corrected chi connectivity index (χ1v) is 12.7. The average molecular weight is 466 g/mol. The van der Waals surface area contributed by atoms with Gasteiger partial charge in [0.15, 0.2) is 9.84 Å². The number of nitrogens with zero attached hydrogens (tertiary/aromatic N) is 2. The van der Waals surface area contributed by atoms with Gasteiger partial charge in [0.1, 0.15) is 6.04 Å². The van der Waals surface area contributed by atoms with Gasteiger partial charge in [0, 0.05) is 31.9 Å². The summed E-state index contributed by atoms with van der Waals surface area (Å²) < 4.78 is 25.3. The molecule has 1 aliphatic heterocycles. The van der Waals surface area contributed by atoms with Crippen molar-refractivity contribution < 1.29 is 13.2 Å². The van der Waals surface area contributed by atoms with Crippen LogP contribution in [0.1, 0.15) is 22.7 Å². The summed E-state index contributed by atoms with van der Waals surface area (Å²) in [5.74, 6) is -0.0223. The summed E-state index contributed by atoms with van der Waals surface area (Å²) in [6, 6.07) is 21.8. The monoisotopic (exact) mass is 465 g/mol. The first-order valence-electron chi connectivity index (χ1n) is 10.9. The highest BCUT2D eigenvalue weighted by Gasteiger charge is 2.32. The Kier molecular flexibility index (Phi) is 7.05. The van der Waals surface area contributed by atoms with Crippen LogP contribution >= 0.6 is 0 Å². The van der Waals surface area contributed by atoms with Crippen molar-refractivity contribution in [3.05, 3.63) is 106 Å². The topological polar surface area (TPSA) is 88.5 Å². The van der Waals surface area contributed by atoms with Gasteiger partial charge in [0.25, 0.3) is 5.56 Å². The third-order valence-electron chi connectivity index (χ3n) is 5.85. The van der Waals surface area contributed by atoms with E-state index in [4.69, 9.17) is 0 Å². The fourth-order valence-electron chi connectivity index (χ4n) is 3.98. The Balaban J connectivity index is 1.42. The predicted octanol–water partition coefficient (Wildman–Crippen LogP) is 1.98. The second-order valence-corrected chi connectivity index (χ2v) is 10.5. The normalized spacial score (nSPS) is 16.7. The van der Waals surface area contributed by atoms with E-state index in [1.165, 1.54) is 6.07 Å². The molecule has 0 aliphatic carbocycles. The summed E-state index contributed by atoms with van der Waals surface area (Å²) in [4.78, 5) is 27.0. The van der Waals surface area contributed by atoms with Crippen molar-refractivity contribution in [1.29, 1.82) is 0 Å². The number of sulfone groups is 1. The molecule has 1 N–H and O–H groups in total. The lowest BCUT2D eigenvalue weighted by molar-refractivity contribution is -0.126. The first kappa shape index (κ1) is 22.9. The largest absolute Gasteiger partial charge is 0.350 e. The van der Waals surface area contributed by atoms with Crippen molar-refractivity contribution in [3.63, 3.8) is 0 Å². The summed E-state index contributed by atoms with van der Waals surface area (Å²) >= 11 is 0. The Hall–Kier alpha value is -3.23. The van der Waals surface area contributed by atoms with Crippen LogP contribution in [-0.4, -0.2) is 48.4 Å². The molecule has 1 atom stereocenters. The molecule has 0 saturated carbocycles. The van der Waals surface area contributed by atoms with Gasteiger partial charge in [-0.2, -0.15) is 0 Å². The maximum atomic E-state index is 13.2. The van der Waals surface area contributed by atoms with Crippen LogP contribution in [0.15, 0.2) is 83.8 Å². The minimum atomic E-state index is -3.04. The molecule has 0 bridgehead atoms. The summed E-state index contributed by atoms with van der Waals surface area (Å²) in [5, 5.41) is 3.01. The highest BCUT2D eigenvalue weighted by atomic mass is 32.2. The molecule has 2 aromatic carbocycles. The molecular weight excluding hydrogens is 438 g/mol. The molecule has 1 saturated heterocycles. The number of benzene rings is 2. The van der Waals surface area contributed by atoms with Crippen LogP contribution in [0.25, 0.3) is 0 Å². The van der Waals surface area contributed by atoms with Crippen molar-refractivity contribution in [1.82, 2.24) is 14.8 Å². The fraction of sp³-hybridized carbons (Fsp3) is 0.280. The number of hydrogen-bond acceptors (Lipinski definition) is 5. The van der Waals surface area contributed by atoms with Gasteiger partial charge in [-0.1, -0.05) is 60.7 Å². The number of aromatic nitrogens is 1. The molecule has 1 aliphatic rings. The summed E-state index contributed by atoms with van der Waals surface area (Å²) in [7, 11) is -3.04. The molecule has 3 aromatic rings. The Morgan fingerprint density at radius 2 is 1.52 bits per heavy atom. The van der Waals surface area contributed by atoms with Crippen molar-refractivity contribution in [2.45, 2.75) is 19.1 Å². The van der Waals surface area contributed by atoms with Gasteiger partial charge in [-0.05, 0) is 22.8 Å². The number of carbonyl (C=O) groups excluding carboxylic acids is 1. The number of rotatable bonds is 7. The molecular formula is C25H27N3O4S. The molecule has 4 rings (SSSR count). The predicted molar refractivity (Wildman–Crippen MR) is 128 cm³/mol. The Morgan fingerprint density at radius 1 is 0.879 bits per heavy atom. The van der Waals surface area contributed by atoms with Crippen LogP contribution < -0.4 is 10.9 Å². The zero-order chi connectivity index (χ0) is 23.3. The maximum Gasteiger partial charge on any atom is 0.250 e. The van der Waals surface area contributed by atoms with Gasteiger partial charge in [-0.25, -0.2) is 8.42 Å². The van der Waals surface area contributed by atoms with Gasteiger partial charge < -0.3 is 9.88 Å². The van der Waals surface area contributed by atoms with E-state index in [2.05, 4.69) is 5.32 Å². The Bertz CT molecular complexity index is 1240. The number of carbonyl (C=O) groups is 1. The van der Waals surface area contributed by atoms with Crippen LogP contribution in [-0.2, 0) is 27.7 Å². The molecule has 1 fully saturated rings. The fourth-order valence-corrected chi connectivity index (χ4v) is 5.21. The molecule has 2 heterocycles. The number of amides is 1. The molecule has 1 amide bonds. The molecule has 0 radical (unpaired) electrons. The molecule has 7 nitrogen and oxygen atoms in total. The van der Waals surface area contributed by atoms with Gasteiger partial charge >= 0.3 is 0 Å². The van der Waals surface area contributed by atoms with E-state index in [1.54, 1.807) is 16.8 Å². The molecule has 8 heteroatoms. The minimum Gasteiger partial charge on any atom is -0.350 e. The molecule has 0 spiro atoms. The van der Waals surface area contributed by atoms with Gasteiger partial charge in [0.05, 0.1) is 18.1 Å². The molecule has 1 aromatic heterocycles. The van der Waals surface area contributed by atoms with Crippen molar-refractivity contribution in [2.24, 2.45) is 0 Å². The zero-order valence-corrected chi connectivity index (χ0v) is 19.1. The zero-order valence-electron chi connectivity index (χ0n) is 18.3. The van der Waals surface area contributed by atoms with Crippen LogP contribution in [0.3, 0.4) is 0 Å². The maximum absolute atomic E-state index is 13.2. The second kappa shape index (κ2) is 10.1. The number of nitrogens with one attached hydrogen (secondary N) is 1. The lowest BCUT2D eigenvalue weighted by Gasteiger charge is -2.33. The Labute approximate surface area is 193 Å². The van der Waals surface area contributed by atoms with E-state index in [9.17, 15) is 18.0 Å². The first-order chi connectivity index (χ1) is 15.9. The van der Waals surface area contributed by atoms with Gasteiger partial charge in [-0.15, -0.1) is 0 Å². The van der Waals surface area contributed by atoms with Crippen LogP contribution in [0.4, 0.5) is 0 Å².